The molecule has 1 aliphatic rings. The first-order valence-electron chi connectivity index (χ1n) is 8.80. The highest BCUT2D eigenvalue weighted by molar-refractivity contribution is 7.89. The van der Waals surface area contributed by atoms with Crippen LogP contribution in [0.5, 0.6) is 0 Å². The van der Waals surface area contributed by atoms with Crippen LogP contribution in [0.25, 0.3) is 0 Å². The summed E-state index contributed by atoms with van der Waals surface area (Å²) >= 11 is 0. The average molecular weight is 390 g/mol. The summed E-state index contributed by atoms with van der Waals surface area (Å²) in [7, 11) is -0.362. The second-order valence-corrected chi connectivity index (χ2v) is 8.67. The quantitative estimate of drug-likeness (QED) is 0.739. The minimum atomic E-state index is -4.12. The largest absolute Gasteiger partial charge is 0.346 e. The van der Waals surface area contributed by atoms with Crippen LogP contribution in [0, 0.1) is 11.6 Å². The predicted molar refractivity (Wildman–Crippen MR) is 93.6 cm³/mol. The van der Waals surface area contributed by atoms with Crippen LogP contribution in [0.15, 0.2) is 17.0 Å². The summed E-state index contributed by atoms with van der Waals surface area (Å²) in [5, 5.41) is 2.43. The van der Waals surface area contributed by atoms with Crippen LogP contribution in [0.3, 0.4) is 0 Å². The number of quaternary nitrogens is 1. The van der Waals surface area contributed by atoms with Crippen molar-refractivity contribution in [2.24, 2.45) is 0 Å². The Morgan fingerprint density at radius 3 is 2.35 bits per heavy atom. The van der Waals surface area contributed by atoms with Gasteiger partial charge in [0, 0.05) is 13.1 Å². The summed E-state index contributed by atoms with van der Waals surface area (Å²) in [6, 6.07) is 1.73. The van der Waals surface area contributed by atoms with Crippen molar-refractivity contribution in [1.82, 2.24) is 9.62 Å². The van der Waals surface area contributed by atoms with E-state index in [0.29, 0.717) is 32.5 Å². The molecule has 0 spiro atoms. The van der Waals surface area contributed by atoms with Gasteiger partial charge in [0.25, 0.3) is 5.91 Å². The number of nitrogens with one attached hydrogen (secondary N) is 2. The van der Waals surface area contributed by atoms with Gasteiger partial charge in [-0.15, -0.1) is 0 Å². The van der Waals surface area contributed by atoms with Crippen LogP contribution in [0.2, 0.25) is 0 Å². The third-order valence-electron chi connectivity index (χ3n) is 4.38. The summed E-state index contributed by atoms with van der Waals surface area (Å²) < 4.78 is 55.6. The van der Waals surface area contributed by atoms with Gasteiger partial charge in [-0.25, -0.2) is 17.2 Å². The van der Waals surface area contributed by atoms with Gasteiger partial charge in [0.1, 0.15) is 16.3 Å². The molecular formula is C17H26F2N3O3S+. The Balaban J connectivity index is 2.31. The van der Waals surface area contributed by atoms with E-state index in [1.807, 2.05) is 14.1 Å². The number of nitrogens with zero attached hydrogens (tertiary/aromatic N) is 1. The maximum atomic E-state index is 14.8. The number of rotatable bonds is 6. The number of likely N-dealkylation sites (N-methyl/N-ethyl adjacent to an activating group) is 1. The van der Waals surface area contributed by atoms with E-state index in [1.165, 1.54) is 4.31 Å². The molecule has 0 unspecified atom stereocenters. The van der Waals surface area contributed by atoms with Crippen LogP contribution in [0.4, 0.5) is 8.78 Å². The van der Waals surface area contributed by atoms with Gasteiger partial charge in [-0.3, -0.25) is 4.79 Å². The monoisotopic (exact) mass is 390 g/mol. The molecule has 1 amide bonds. The molecule has 0 aromatic heterocycles. The Morgan fingerprint density at radius 2 is 1.77 bits per heavy atom. The van der Waals surface area contributed by atoms with Crippen molar-refractivity contribution in [1.29, 1.82) is 0 Å². The maximum Gasteiger partial charge on any atom is 0.257 e. The van der Waals surface area contributed by atoms with Gasteiger partial charge < -0.3 is 10.2 Å². The van der Waals surface area contributed by atoms with E-state index in [1.54, 1.807) is 0 Å². The van der Waals surface area contributed by atoms with Gasteiger partial charge >= 0.3 is 0 Å². The normalized spacial score (nSPS) is 16.5. The molecule has 1 aromatic carbocycles. The van der Waals surface area contributed by atoms with Crippen LogP contribution in [-0.4, -0.2) is 58.9 Å². The third-order valence-corrected chi connectivity index (χ3v) is 6.29. The lowest BCUT2D eigenvalue weighted by atomic mass is 10.2. The molecule has 6 nitrogen and oxygen atoms in total. The van der Waals surface area contributed by atoms with E-state index < -0.39 is 38.0 Å². The van der Waals surface area contributed by atoms with Gasteiger partial charge in [-0.1, -0.05) is 12.8 Å². The Morgan fingerprint density at radius 1 is 1.15 bits per heavy atom. The molecule has 26 heavy (non-hydrogen) atoms. The van der Waals surface area contributed by atoms with Crippen molar-refractivity contribution < 1.29 is 26.9 Å². The van der Waals surface area contributed by atoms with Gasteiger partial charge in [0.05, 0.1) is 27.2 Å². The van der Waals surface area contributed by atoms with Gasteiger partial charge in [0.15, 0.2) is 5.82 Å². The van der Waals surface area contributed by atoms with Crippen molar-refractivity contribution in [3.8, 4) is 0 Å². The SMILES string of the molecule is C[NH+](C)CCNC(=O)c1c(F)ccc(S(=O)(=O)N2CCCCCC2)c1F. The first-order chi connectivity index (χ1) is 12.2. The summed E-state index contributed by atoms with van der Waals surface area (Å²) in [6.45, 7) is 1.39. The van der Waals surface area contributed by atoms with E-state index >= 15 is 0 Å². The molecule has 0 saturated carbocycles. The summed E-state index contributed by atoms with van der Waals surface area (Å²) in [4.78, 5) is 12.6. The van der Waals surface area contributed by atoms with Gasteiger partial charge in [-0.2, -0.15) is 4.31 Å². The lowest BCUT2D eigenvalue weighted by Crippen LogP contribution is -3.06. The molecular weight excluding hydrogens is 364 g/mol. The van der Waals surface area contributed by atoms with Crippen molar-refractivity contribution in [2.75, 3.05) is 40.3 Å². The number of hydrogen-bond donors (Lipinski definition) is 2. The zero-order valence-corrected chi connectivity index (χ0v) is 16.0. The number of carbonyl (C=O) groups excluding carboxylic acids is 1. The lowest BCUT2D eigenvalue weighted by molar-refractivity contribution is -0.856. The number of sulfonamides is 1. The first kappa shape index (κ1) is 20.7. The lowest BCUT2D eigenvalue weighted by Gasteiger charge is -2.21. The predicted octanol–water partition coefficient (Wildman–Crippen LogP) is 0.404. The van der Waals surface area contributed by atoms with Gasteiger partial charge in [-0.05, 0) is 25.0 Å². The highest BCUT2D eigenvalue weighted by Gasteiger charge is 2.31. The zero-order valence-electron chi connectivity index (χ0n) is 15.1. The molecule has 0 bridgehead atoms. The zero-order chi connectivity index (χ0) is 19.3. The molecule has 1 heterocycles. The van der Waals surface area contributed by atoms with Crippen LogP contribution < -0.4 is 10.2 Å². The number of carbonyl (C=O) groups is 1. The Hall–Kier alpha value is -1.58. The topological polar surface area (TPSA) is 70.9 Å². The fraction of sp³-hybridized carbons (Fsp3) is 0.588. The van der Waals surface area contributed by atoms with Crippen LogP contribution >= 0.6 is 0 Å². The standard InChI is InChI=1S/C17H25F2N3O3S/c1-21(2)12-9-20-17(23)15-13(18)7-8-14(16(15)19)26(24,25)22-10-5-3-4-6-11-22/h7-8H,3-6,9-12H2,1-2H3,(H,20,23)/p+1. The molecule has 1 aliphatic heterocycles. The minimum absolute atomic E-state index is 0.225. The molecule has 1 saturated heterocycles. The summed E-state index contributed by atoms with van der Waals surface area (Å²) in [6.07, 6.45) is 3.23. The second kappa shape index (κ2) is 8.88. The molecule has 1 fully saturated rings. The number of halogens is 2. The molecule has 9 heteroatoms. The van der Waals surface area contributed by atoms with Crippen LogP contribution in [0.1, 0.15) is 36.0 Å². The highest BCUT2D eigenvalue weighted by Crippen LogP contribution is 2.26. The van der Waals surface area contributed by atoms with E-state index in [2.05, 4.69) is 5.32 Å². The molecule has 1 aromatic rings. The van der Waals surface area contributed by atoms with E-state index in [-0.39, 0.29) is 6.54 Å². The van der Waals surface area contributed by atoms with E-state index in [4.69, 9.17) is 0 Å². The van der Waals surface area contributed by atoms with Crippen molar-refractivity contribution in [3.05, 3.63) is 29.3 Å². The molecule has 0 radical (unpaired) electrons. The molecule has 2 rings (SSSR count). The fourth-order valence-electron chi connectivity index (χ4n) is 2.88. The number of benzene rings is 1. The van der Waals surface area contributed by atoms with Gasteiger partial charge in [0.2, 0.25) is 10.0 Å². The van der Waals surface area contributed by atoms with Crippen molar-refractivity contribution in [3.63, 3.8) is 0 Å². The van der Waals surface area contributed by atoms with Crippen LogP contribution in [-0.2, 0) is 10.0 Å². The smallest absolute Gasteiger partial charge is 0.257 e. The average Bonchev–Trinajstić information content (AvgIpc) is 2.84. The summed E-state index contributed by atoms with van der Waals surface area (Å²) in [5.41, 5.74) is -0.852. The Labute approximate surface area is 153 Å². The van der Waals surface area contributed by atoms with Crippen molar-refractivity contribution >= 4 is 15.9 Å². The van der Waals surface area contributed by atoms with E-state index in [0.717, 1.165) is 29.9 Å². The maximum absolute atomic E-state index is 14.8. The third kappa shape index (κ3) is 4.77. The summed E-state index contributed by atoms with van der Waals surface area (Å²) in [5.74, 6) is -3.36. The van der Waals surface area contributed by atoms with Crippen molar-refractivity contribution in [2.45, 2.75) is 30.6 Å². The fourth-order valence-corrected chi connectivity index (χ4v) is 4.46. The molecule has 2 N–H and O–H groups in total. The van der Waals surface area contributed by atoms with E-state index in [9.17, 15) is 22.0 Å². The minimum Gasteiger partial charge on any atom is -0.346 e. The molecule has 0 atom stereocenters. The second-order valence-electron chi connectivity index (χ2n) is 6.77. The Kier molecular flexibility index (Phi) is 7.08. The number of amides is 1. The highest BCUT2D eigenvalue weighted by atomic mass is 32.2. The Bertz CT molecular complexity index is 746. The molecule has 0 aliphatic carbocycles. The number of hydrogen-bond acceptors (Lipinski definition) is 3. The first-order valence-corrected chi connectivity index (χ1v) is 10.2. The molecule has 146 valence electrons.